The van der Waals surface area contributed by atoms with Crippen molar-refractivity contribution in [1.82, 2.24) is 10.3 Å². The van der Waals surface area contributed by atoms with E-state index in [1.54, 1.807) is 0 Å². The second-order valence-electron chi connectivity index (χ2n) is 3.94. The second kappa shape index (κ2) is 6.20. The maximum Gasteiger partial charge on any atom is 0.335 e. The summed E-state index contributed by atoms with van der Waals surface area (Å²) in [6, 6.07) is 2.60. The molecule has 18 heavy (non-hydrogen) atoms. The van der Waals surface area contributed by atoms with E-state index in [4.69, 9.17) is 16.7 Å². The molecule has 0 spiro atoms. The predicted molar refractivity (Wildman–Crippen MR) is 68.0 cm³/mol. The third kappa shape index (κ3) is 4.58. The summed E-state index contributed by atoms with van der Waals surface area (Å²) in [6.45, 7) is 3.70. The Kier molecular flexibility index (Phi) is 4.91. The predicted octanol–water partition coefficient (Wildman–Crippen LogP) is 1.37. The first-order valence-electron chi connectivity index (χ1n) is 5.32. The maximum absolute atomic E-state index is 11.4. The molecule has 1 rings (SSSR count). The molecule has 0 aliphatic heterocycles. The third-order valence-corrected chi connectivity index (χ3v) is 2.11. The van der Waals surface area contributed by atoms with E-state index < -0.39 is 5.97 Å². The van der Waals surface area contributed by atoms with E-state index in [0.717, 1.165) is 0 Å². The maximum atomic E-state index is 11.4. The fourth-order valence-electron chi connectivity index (χ4n) is 1.25. The van der Waals surface area contributed by atoms with Gasteiger partial charge in [-0.2, -0.15) is 0 Å². The van der Waals surface area contributed by atoms with Crippen LogP contribution in [0.2, 0.25) is 5.15 Å². The molecule has 1 heterocycles. The number of carboxylic acids is 1. The molecular weight excluding hydrogens is 258 g/mol. The van der Waals surface area contributed by atoms with E-state index in [1.807, 2.05) is 13.8 Å². The molecule has 1 aromatic rings. The van der Waals surface area contributed by atoms with Gasteiger partial charge in [0.1, 0.15) is 11.0 Å². The molecule has 1 aromatic heterocycles. The number of anilines is 1. The lowest BCUT2D eigenvalue weighted by Crippen LogP contribution is -2.35. The van der Waals surface area contributed by atoms with Gasteiger partial charge in [0, 0.05) is 6.04 Å². The van der Waals surface area contributed by atoms with Crippen molar-refractivity contribution in [2.45, 2.75) is 19.9 Å². The summed E-state index contributed by atoms with van der Waals surface area (Å²) in [7, 11) is 0. The number of carboxylic acid groups (broad SMARTS) is 1. The number of hydrogen-bond donors (Lipinski definition) is 3. The molecule has 0 saturated heterocycles. The number of nitrogens with zero attached hydrogens (tertiary/aromatic N) is 1. The SMILES string of the molecule is CC(C)NC(=O)CNc1cc(C(=O)O)cc(Cl)n1. The fraction of sp³-hybridized carbons (Fsp3) is 0.364. The quantitative estimate of drug-likeness (QED) is 0.704. The van der Waals surface area contributed by atoms with Crippen molar-refractivity contribution in [1.29, 1.82) is 0 Å². The summed E-state index contributed by atoms with van der Waals surface area (Å²) in [5.41, 5.74) is 0.0155. The van der Waals surface area contributed by atoms with Crippen LogP contribution in [0.1, 0.15) is 24.2 Å². The largest absolute Gasteiger partial charge is 0.478 e. The van der Waals surface area contributed by atoms with Gasteiger partial charge in [0.25, 0.3) is 0 Å². The molecule has 0 fully saturated rings. The first-order chi connectivity index (χ1) is 8.38. The van der Waals surface area contributed by atoms with E-state index in [2.05, 4.69) is 15.6 Å². The van der Waals surface area contributed by atoms with Gasteiger partial charge < -0.3 is 15.7 Å². The summed E-state index contributed by atoms with van der Waals surface area (Å²) in [5, 5.41) is 14.3. The summed E-state index contributed by atoms with van der Waals surface area (Å²) < 4.78 is 0. The van der Waals surface area contributed by atoms with E-state index in [-0.39, 0.29) is 35.0 Å². The molecule has 6 nitrogen and oxygen atoms in total. The van der Waals surface area contributed by atoms with Crippen molar-refractivity contribution in [3.63, 3.8) is 0 Å². The zero-order chi connectivity index (χ0) is 13.7. The van der Waals surface area contributed by atoms with Gasteiger partial charge in [-0.05, 0) is 26.0 Å². The number of carbonyl (C=O) groups is 2. The Balaban J connectivity index is 2.67. The number of rotatable bonds is 5. The van der Waals surface area contributed by atoms with Crippen molar-refractivity contribution in [2.24, 2.45) is 0 Å². The van der Waals surface area contributed by atoms with E-state index >= 15 is 0 Å². The minimum absolute atomic E-state index is 0.00454. The van der Waals surface area contributed by atoms with Crippen molar-refractivity contribution in [3.8, 4) is 0 Å². The highest BCUT2D eigenvalue weighted by Gasteiger charge is 2.09. The van der Waals surface area contributed by atoms with Crippen LogP contribution in [0.5, 0.6) is 0 Å². The van der Waals surface area contributed by atoms with Crippen LogP contribution in [0.25, 0.3) is 0 Å². The molecule has 0 unspecified atom stereocenters. The van der Waals surface area contributed by atoms with Crippen LogP contribution in [0.3, 0.4) is 0 Å². The number of nitrogens with one attached hydrogen (secondary N) is 2. The van der Waals surface area contributed by atoms with Gasteiger partial charge in [-0.3, -0.25) is 4.79 Å². The summed E-state index contributed by atoms with van der Waals surface area (Å²) >= 11 is 5.68. The highest BCUT2D eigenvalue weighted by atomic mass is 35.5. The summed E-state index contributed by atoms with van der Waals surface area (Å²) in [4.78, 5) is 26.1. The lowest BCUT2D eigenvalue weighted by Gasteiger charge is -2.10. The Morgan fingerprint density at radius 3 is 2.67 bits per heavy atom. The second-order valence-corrected chi connectivity index (χ2v) is 4.33. The lowest BCUT2D eigenvalue weighted by molar-refractivity contribution is -0.119. The number of hydrogen-bond acceptors (Lipinski definition) is 4. The molecule has 0 aliphatic rings. The van der Waals surface area contributed by atoms with Crippen LogP contribution in [0.15, 0.2) is 12.1 Å². The van der Waals surface area contributed by atoms with Crippen LogP contribution >= 0.6 is 11.6 Å². The van der Waals surface area contributed by atoms with Gasteiger partial charge in [-0.1, -0.05) is 11.6 Å². The Hall–Kier alpha value is -1.82. The lowest BCUT2D eigenvalue weighted by atomic mass is 10.2. The molecule has 0 aliphatic carbocycles. The zero-order valence-corrected chi connectivity index (χ0v) is 10.8. The third-order valence-electron chi connectivity index (χ3n) is 1.92. The number of aromatic carboxylic acids is 1. The molecular formula is C11H14ClN3O3. The molecule has 0 aromatic carbocycles. The molecule has 98 valence electrons. The van der Waals surface area contributed by atoms with Crippen LogP contribution in [0.4, 0.5) is 5.82 Å². The standard InChI is InChI=1S/C11H14ClN3O3/c1-6(2)14-10(16)5-13-9-4-7(11(17)18)3-8(12)15-9/h3-4,6H,5H2,1-2H3,(H,13,15)(H,14,16)(H,17,18). The van der Waals surface area contributed by atoms with Crippen LogP contribution in [0, 0.1) is 0 Å². The van der Waals surface area contributed by atoms with E-state index in [1.165, 1.54) is 12.1 Å². The number of aromatic nitrogens is 1. The Labute approximate surface area is 109 Å². The Morgan fingerprint density at radius 1 is 1.44 bits per heavy atom. The minimum Gasteiger partial charge on any atom is -0.478 e. The van der Waals surface area contributed by atoms with Gasteiger partial charge in [-0.25, -0.2) is 9.78 Å². The van der Waals surface area contributed by atoms with Gasteiger partial charge in [0.15, 0.2) is 0 Å². The number of amides is 1. The number of carbonyl (C=O) groups excluding carboxylic acids is 1. The molecule has 1 amide bonds. The normalized spacial score (nSPS) is 10.2. The summed E-state index contributed by atoms with van der Waals surface area (Å²) in [6.07, 6.45) is 0. The van der Waals surface area contributed by atoms with Crippen LogP contribution in [-0.2, 0) is 4.79 Å². The molecule has 7 heteroatoms. The van der Waals surface area contributed by atoms with Gasteiger partial charge in [-0.15, -0.1) is 0 Å². The highest BCUT2D eigenvalue weighted by molar-refractivity contribution is 6.29. The molecule has 0 bridgehead atoms. The highest BCUT2D eigenvalue weighted by Crippen LogP contribution is 2.14. The smallest absolute Gasteiger partial charge is 0.335 e. The van der Waals surface area contributed by atoms with Crippen molar-refractivity contribution >= 4 is 29.3 Å². The molecule has 3 N–H and O–H groups in total. The molecule has 0 radical (unpaired) electrons. The number of halogens is 1. The van der Waals surface area contributed by atoms with Gasteiger partial charge in [0.2, 0.25) is 5.91 Å². The average Bonchev–Trinajstić information content (AvgIpc) is 2.24. The van der Waals surface area contributed by atoms with Crippen molar-refractivity contribution < 1.29 is 14.7 Å². The first kappa shape index (κ1) is 14.2. The fourth-order valence-corrected chi connectivity index (χ4v) is 1.46. The van der Waals surface area contributed by atoms with Crippen LogP contribution in [-0.4, -0.2) is 34.6 Å². The van der Waals surface area contributed by atoms with Crippen molar-refractivity contribution in [3.05, 3.63) is 22.8 Å². The molecule has 0 saturated carbocycles. The zero-order valence-electron chi connectivity index (χ0n) is 10.0. The minimum atomic E-state index is -1.10. The van der Waals surface area contributed by atoms with Gasteiger partial charge >= 0.3 is 5.97 Å². The number of pyridine rings is 1. The van der Waals surface area contributed by atoms with E-state index in [0.29, 0.717) is 0 Å². The Morgan fingerprint density at radius 2 is 2.11 bits per heavy atom. The Bertz CT molecular complexity index is 463. The summed E-state index contributed by atoms with van der Waals surface area (Å²) in [5.74, 6) is -1.06. The van der Waals surface area contributed by atoms with Crippen molar-refractivity contribution in [2.75, 3.05) is 11.9 Å². The van der Waals surface area contributed by atoms with E-state index in [9.17, 15) is 9.59 Å². The monoisotopic (exact) mass is 271 g/mol. The van der Waals surface area contributed by atoms with Gasteiger partial charge in [0.05, 0.1) is 12.1 Å². The molecule has 0 atom stereocenters. The topological polar surface area (TPSA) is 91.3 Å². The van der Waals surface area contributed by atoms with Crippen LogP contribution < -0.4 is 10.6 Å². The average molecular weight is 272 g/mol. The first-order valence-corrected chi connectivity index (χ1v) is 5.70.